The van der Waals surface area contributed by atoms with E-state index in [9.17, 15) is 0 Å². The van der Waals surface area contributed by atoms with Crippen LogP contribution >= 0.6 is 0 Å². The van der Waals surface area contributed by atoms with E-state index >= 15 is 0 Å². The minimum Gasteiger partial charge on any atom is -1.00 e. The number of rotatable bonds is 3. The standard InChI is InChI=1S/3C11H19N.3ClH/c3*1-12-11-5-8-2-9(6-11)4-10(3-8)7-11;;;/h3*8-10,12H,2-7H2,1H3;3*1H. The lowest BCUT2D eigenvalue weighted by atomic mass is 9.53. The Labute approximate surface area is 258 Å². The van der Waals surface area contributed by atoms with E-state index in [0.717, 1.165) is 69.9 Å². The number of nitrogens with two attached hydrogens (primary N) is 3. The average Bonchev–Trinajstić information content (AvgIpc) is 2.83. The predicted molar refractivity (Wildman–Crippen MR) is 146 cm³/mol. The van der Waals surface area contributed by atoms with Crippen LogP contribution in [0.1, 0.15) is 116 Å². The maximum atomic E-state index is 2.54. The van der Waals surface area contributed by atoms with Crippen LogP contribution in [-0.2, 0) is 0 Å². The van der Waals surface area contributed by atoms with Crippen molar-refractivity contribution in [2.24, 2.45) is 53.3 Å². The van der Waals surface area contributed by atoms with Crippen LogP contribution in [-0.4, -0.2) is 37.8 Å². The Balaban J connectivity index is 0.000000131. The molecule has 3 nitrogen and oxygen atoms in total. The van der Waals surface area contributed by atoms with Gasteiger partial charge in [0, 0.05) is 57.8 Å². The zero-order valence-electron chi connectivity index (χ0n) is 25.3. The molecule has 0 amide bonds. The number of halogens is 3. The van der Waals surface area contributed by atoms with E-state index in [1.165, 1.54) is 57.8 Å². The van der Waals surface area contributed by atoms with Gasteiger partial charge in [0.1, 0.15) is 0 Å². The van der Waals surface area contributed by atoms with Crippen LogP contribution in [0.5, 0.6) is 0 Å². The molecule has 0 unspecified atom stereocenters. The van der Waals surface area contributed by atoms with Crippen molar-refractivity contribution < 1.29 is 53.2 Å². The number of hydrogen-bond acceptors (Lipinski definition) is 0. The lowest BCUT2D eigenvalue weighted by Crippen LogP contribution is -3.00. The maximum absolute atomic E-state index is 2.54. The van der Waals surface area contributed by atoms with Gasteiger partial charge in [0.25, 0.3) is 0 Å². The van der Waals surface area contributed by atoms with Crippen LogP contribution in [0.4, 0.5) is 0 Å². The maximum Gasteiger partial charge on any atom is 0.0967 e. The summed E-state index contributed by atoms with van der Waals surface area (Å²) in [7, 11) is 6.90. The molecule has 39 heavy (non-hydrogen) atoms. The van der Waals surface area contributed by atoms with Gasteiger partial charge in [-0.2, -0.15) is 0 Å². The van der Waals surface area contributed by atoms with E-state index in [0.29, 0.717) is 0 Å². The monoisotopic (exact) mass is 603 g/mol. The van der Waals surface area contributed by atoms with Crippen molar-refractivity contribution in [3.63, 3.8) is 0 Å². The summed E-state index contributed by atoms with van der Waals surface area (Å²) in [5, 5.41) is 7.62. The molecule has 0 saturated heterocycles. The summed E-state index contributed by atoms with van der Waals surface area (Å²) < 4.78 is 0. The first-order chi connectivity index (χ1) is 17.4. The van der Waals surface area contributed by atoms with Crippen molar-refractivity contribution in [2.45, 2.75) is 132 Å². The third-order valence-electron chi connectivity index (χ3n) is 14.1. The van der Waals surface area contributed by atoms with E-state index in [2.05, 4.69) is 37.1 Å². The van der Waals surface area contributed by atoms with Gasteiger partial charge in [-0.25, -0.2) is 0 Å². The van der Waals surface area contributed by atoms with Crippen LogP contribution in [0.15, 0.2) is 0 Å². The molecule has 0 radical (unpaired) electrons. The van der Waals surface area contributed by atoms with Gasteiger partial charge in [0.2, 0.25) is 0 Å². The minimum absolute atomic E-state index is 0. The molecule has 12 aliphatic carbocycles. The van der Waals surface area contributed by atoms with Gasteiger partial charge < -0.3 is 53.2 Å². The normalized spacial score (nSPS) is 51.9. The summed E-state index contributed by atoms with van der Waals surface area (Å²) >= 11 is 0. The highest BCUT2D eigenvalue weighted by molar-refractivity contribution is 5.03. The highest BCUT2D eigenvalue weighted by Crippen LogP contribution is 2.56. The van der Waals surface area contributed by atoms with Crippen LogP contribution < -0.4 is 53.2 Å². The fourth-order valence-corrected chi connectivity index (χ4v) is 13.6. The predicted octanol–water partition coefficient (Wildman–Crippen LogP) is -5.54. The molecule has 12 fully saturated rings. The Morgan fingerprint density at radius 1 is 0.308 bits per heavy atom. The first-order valence-electron chi connectivity index (χ1n) is 16.8. The van der Waals surface area contributed by atoms with Crippen molar-refractivity contribution in [1.82, 2.24) is 0 Å². The van der Waals surface area contributed by atoms with Crippen LogP contribution in [0.2, 0.25) is 0 Å². The summed E-state index contributed by atoms with van der Waals surface area (Å²) in [4.78, 5) is 0. The van der Waals surface area contributed by atoms with Gasteiger partial charge in [0.15, 0.2) is 0 Å². The Morgan fingerprint density at radius 2 is 0.436 bits per heavy atom. The molecule has 6 N–H and O–H groups in total. The van der Waals surface area contributed by atoms with Crippen molar-refractivity contribution in [2.75, 3.05) is 21.1 Å². The second-order valence-corrected chi connectivity index (χ2v) is 16.7. The van der Waals surface area contributed by atoms with Gasteiger partial charge in [-0.15, -0.1) is 0 Å². The fourth-order valence-electron chi connectivity index (χ4n) is 13.6. The van der Waals surface area contributed by atoms with E-state index < -0.39 is 0 Å². The largest absolute Gasteiger partial charge is 1.00 e. The molecular formula is C33H60Cl3N3. The molecule has 12 saturated carbocycles. The summed E-state index contributed by atoms with van der Waals surface area (Å²) in [6.45, 7) is 0. The topological polar surface area (TPSA) is 49.8 Å². The smallest absolute Gasteiger partial charge is 0.0967 e. The third-order valence-corrected chi connectivity index (χ3v) is 14.1. The molecular weight excluding hydrogens is 545 g/mol. The Kier molecular flexibility index (Phi) is 10.4. The van der Waals surface area contributed by atoms with E-state index in [1.807, 2.05) is 0 Å². The van der Waals surface area contributed by atoms with Gasteiger partial charge in [-0.3, -0.25) is 0 Å². The molecule has 12 bridgehead atoms. The van der Waals surface area contributed by atoms with E-state index in [-0.39, 0.29) is 37.2 Å². The van der Waals surface area contributed by atoms with Crippen molar-refractivity contribution in [3.8, 4) is 0 Å². The van der Waals surface area contributed by atoms with Gasteiger partial charge in [-0.1, -0.05) is 0 Å². The molecule has 0 atom stereocenters. The molecule has 6 heteroatoms. The Hall–Kier alpha value is 0.750. The van der Waals surface area contributed by atoms with E-state index in [4.69, 9.17) is 0 Å². The zero-order valence-corrected chi connectivity index (χ0v) is 27.6. The molecule has 12 rings (SSSR count). The molecule has 228 valence electrons. The minimum atomic E-state index is 0. The van der Waals surface area contributed by atoms with Crippen LogP contribution in [0, 0.1) is 53.3 Å². The van der Waals surface area contributed by atoms with E-state index in [1.54, 1.807) is 57.8 Å². The summed E-state index contributed by atoms with van der Waals surface area (Å²) in [5.41, 5.74) is 2.15. The second kappa shape index (κ2) is 12.4. The third kappa shape index (κ3) is 6.35. The highest BCUT2D eigenvalue weighted by atomic mass is 35.5. The first-order valence-corrected chi connectivity index (χ1v) is 16.8. The first kappa shape index (κ1) is 32.7. The Bertz CT molecular complexity index is 606. The molecule has 0 aromatic carbocycles. The van der Waals surface area contributed by atoms with Crippen molar-refractivity contribution >= 4 is 0 Å². The number of hydrogen-bond donors (Lipinski definition) is 3. The van der Waals surface area contributed by atoms with Crippen molar-refractivity contribution in [3.05, 3.63) is 0 Å². The summed E-state index contributed by atoms with van der Waals surface area (Å²) in [5.74, 6) is 10.1. The van der Waals surface area contributed by atoms with Crippen LogP contribution in [0.25, 0.3) is 0 Å². The molecule has 0 heterocycles. The average molecular weight is 605 g/mol. The van der Waals surface area contributed by atoms with Gasteiger partial charge in [-0.05, 0) is 111 Å². The second-order valence-electron chi connectivity index (χ2n) is 16.7. The molecule has 0 spiro atoms. The number of quaternary nitrogens is 3. The van der Waals surface area contributed by atoms with Crippen LogP contribution in [0.3, 0.4) is 0 Å². The molecule has 0 aliphatic heterocycles. The van der Waals surface area contributed by atoms with Gasteiger partial charge in [0.05, 0.1) is 37.8 Å². The highest BCUT2D eigenvalue weighted by Gasteiger charge is 2.54. The molecule has 0 aromatic rings. The SMILES string of the molecule is C[NH2+]C12CC3CC(CC(C3)C1)C2.C[NH2+]C12CC3CC(CC(C3)C1)C2.C[NH2+]C12CC3CC(CC(C3)C1)C2.[Cl-].[Cl-].[Cl-]. The molecule has 0 aromatic heterocycles. The Morgan fingerprint density at radius 3 is 0.538 bits per heavy atom. The summed E-state index contributed by atoms with van der Waals surface area (Å²) in [6, 6.07) is 0. The fraction of sp³-hybridized carbons (Fsp3) is 1.00. The quantitative estimate of drug-likeness (QED) is 0.288. The van der Waals surface area contributed by atoms with Gasteiger partial charge >= 0.3 is 0 Å². The van der Waals surface area contributed by atoms with Crippen molar-refractivity contribution in [1.29, 1.82) is 0 Å². The lowest BCUT2D eigenvalue weighted by molar-refractivity contribution is -0.716. The lowest BCUT2D eigenvalue weighted by Gasteiger charge is -2.54. The zero-order chi connectivity index (χ0) is 24.5. The summed E-state index contributed by atoms with van der Waals surface area (Å²) in [6.07, 6.45) is 28.0. The molecule has 12 aliphatic rings.